The van der Waals surface area contributed by atoms with Crippen molar-refractivity contribution in [3.05, 3.63) is 74.5 Å². The maximum Gasteiger partial charge on any atom is 0.341 e. The minimum Gasteiger partial charge on any atom is -0.503 e. The second kappa shape index (κ2) is 4.94. The van der Waals surface area contributed by atoms with E-state index >= 15 is 0 Å². The maximum absolute atomic E-state index is 12.0. The lowest BCUT2D eigenvalue weighted by atomic mass is 10.2. The summed E-state index contributed by atoms with van der Waals surface area (Å²) in [5, 5.41) is 10.5. The second-order valence-corrected chi connectivity index (χ2v) is 4.84. The molecule has 5 nitrogen and oxygen atoms in total. The van der Waals surface area contributed by atoms with Crippen LogP contribution in [-0.4, -0.2) is 9.67 Å². The lowest BCUT2D eigenvalue weighted by Gasteiger charge is -2.11. The molecule has 0 fully saturated rings. The molecule has 1 aromatic carbocycles. The highest BCUT2D eigenvalue weighted by Gasteiger charge is 2.09. The summed E-state index contributed by atoms with van der Waals surface area (Å²) in [4.78, 5) is 23.3. The highest BCUT2D eigenvalue weighted by molar-refractivity contribution is 5.76. The average Bonchev–Trinajstić information content (AvgIpc) is 2.48. The van der Waals surface area contributed by atoms with E-state index in [2.05, 4.69) is 0 Å². The van der Waals surface area contributed by atoms with E-state index in [0.29, 0.717) is 16.8 Å². The number of para-hydroxylation sites is 1. The first-order chi connectivity index (χ1) is 10.1. The van der Waals surface area contributed by atoms with Crippen molar-refractivity contribution in [2.75, 3.05) is 0 Å². The van der Waals surface area contributed by atoms with Gasteiger partial charge < -0.3 is 14.1 Å². The molecule has 0 aliphatic carbocycles. The van der Waals surface area contributed by atoms with E-state index in [1.54, 1.807) is 35.9 Å². The SMILES string of the molecule is Cc1c(O)c(=O)ccn1Cc1cc2ccccc2oc1=O. The van der Waals surface area contributed by atoms with Gasteiger partial charge in [0.2, 0.25) is 5.43 Å². The summed E-state index contributed by atoms with van der Waals surface area (Å²) in [6.07, 6.45) is 1.55. The molecule has 0 bridgehead atoms. The molecule has 5 heteroatoms. The molecule has 3 aromatic rings. The van der Waals surface area contributed by atoms with Crippen molar-refractivity contribution >= 4 is 11.0 Å². The Kier molecular flexibility index (Phi) is 3.10. The van der Waals surface area contributed by atoms with Gasteiger partial charge in [0.25, 0.3) is 0 Å². The highest BCUT2D eigenvalue weighted by atomic mass is 16.4. The average molecular weight is 283 g/mol. The van der Waals surface area contributed by atoms with Crippen molar-refractivity contribution in [3.63, 3.8) is 0 Å². The predicted octanol–water partition coefficient (Wildman–Crippen LogP) is 2.02. The molecule has 2 aromatic heterocycles. The van der Waals surface area contributed by atoms with Gasteiger partial charge in [0.1, 0.15) is 5.58 Å². The van der Waals surface area contributed by atoms with Gasteiger partial charge in [-0.25, -0.2) is 4.79 Å². The van der Waals surface area contributed by atoms with Crippen LogP contribution in [-0.2, 0) is 6.54 Å². The Morgan fingerprint density at radius 2 is 1.95 bits per heavy atom. The van der Waals surface area contributed by atoms with E-state index < -0.39 is 11.1 Å². The van der Waals surface area contributed by atoms with Crippen molar-refractivity contribution in [3.8, 4) is 5.75 Å². The molecule has 0 saturated carbocycles. The first-order valence-electron chi connectivity index (χ1n) is 6.47. The molecule has 0 aliphatic rings. The highest BCUT2D eigenvalue weighted by Crippen LogP contribution is 2.15. The van der Waals surface area contributed by atoms with Crippen LogP contribution in [0.25, 0.3) is 11.0 Å². The van der Waals surface area contributed by atoms with Crippen LogP contribution in [0.5, 0.6) is 5.75 Å². The van der Waals surface area contributed by atoms with Gasteiger partial charge >= 0.3 is 5.63 Å². The number of hydrogen-bond acceptors (Lipinski definition) is 4. The van der Waals surface area contributed by atoms with E-state index in [9.17, 15) is 14.7 Å². The van der Waals surface area contributed by atoms with Gasteiger partial charge in [0.05, 0.1) is 17.8 Å². The molecule has 106 valence electrons. The van der Waals surface area contributed by atoms with Gasteiger partial charge in [-0.15, -0.1) is 0 Å². The molecule has 0 radical (unpaired) electrons. The van der Waals surface area contributed by atoms with Crippen molar-refractivity contribution < 1.29 is 9.52 Å². The minimum absolute atomic E-state index is 0.229. The molecule has 0 atom stereocenters. The summed E-state index contributed by atoms with van der Waals surface area (Å²) in [5.74, 6) is -0.303. The molecular formula is C16H13NO4. The van der Waals surface area contributed by atoms with Crippen LogP contribution >= 0.6 is 0 Å². The lowest BCUT2D eigenvalue weighted by molar-refractivity contribution is 0.454. The molecular weight excluding hydrogens is 270 g/mol. The van der Waals surface area contributed by atoms with Crippen molar-refractivity contribution in [2.24, 2.45) is 0 Å². The van der Waals surface area contributed by atoms with Gasteiger partial charge in [-0.05, 0) is 19.1 Å². The van der Waals surface area contributed by atoms with Crippen LogP contribution in [0.3, 0.4) is 0 Å². The predicted molar refractivity (Wildman–Crippen MR) is 78.7 cm³/mol. The monoisotopic (exact) mass is 283 g/mol. The molecule has 0 amide bonds. The molecule has 1 N–H and O–H groups in total. The summed E-state index contributed by atoms with van der Waals surface area (Å²) in [5.41, 5.74) is 0.543. The number of rotatable bonds is 2. The molecule has 21 heavy (non-hydrogen) atoms. The number of aromatic hydroxyl groups is 1. The van der Waals surface area contributed by atoms with E-state index in [1.807, 2.05) is 12.1 Å². The third kappa shape index (κ3) is 2.33. The van der Waals surface area contributed by atoms with Gasteiger partial charge in [-0.2, -0.15) is 0 Å². The quantitative estimate of drug-likeness (QED) is 0.730. The van der Waals surface area contributed by atoms with E-state index in [-0.39, 0.29) is 12.3 Å². The Bertz CT molecular complexity index is 937. The van der Waals surface area contributed by atoms with Gasteiger partial charge in [-0.1, -0.05) is 18.2 Å². The van der Waals surface area contributed by atoms with E-state index in [1.165, 1.54) is 6.07 Å². The Morgan fingerprint density at radius 1 is 1.19 bits per heavy atom. The Labute approximate surface area is 119 Å². The Balaban J connectivity index is 2.10. The Morgan fingerprint density at radius 3 is 2.76 bits per heavy atom. The summed E-state index contributed by atoms with van der Waals surface area (Å²) < 4.78 is 6.90. The van der Waals surface area contributed by atoms with Gasteiger partial charge in [0, 0.05) is 17.6 Å². The summed E-state index contributed by atoms with van der Waals surface area (Å²) >= 11 is 0. The number of pyridine rings is 1. The zero-order valence-electron chi connectivity index (χ0n) is 11.4. The van der Waals surface area contributed by atoms with Crippen molar-refractivity contribution in [1.29, 1.82) is 0 Å². The number of nitrogens with zero attached hydrogens (tertiary/aromatic N) is 1. The topological polar surface area (TPSA) is 72.4 Å². The molecule has 3 rings (SSSR count). The number of fused-ring (bicyclic) bond motifs is 1. The van der Waals surface area contributed by atoms with Crippen LogP contribution in [0.1, 0.15) is 11.3 Å². The largest absolute Gasteiger partial charge is 0.503 e. The third-order valence-electron chi connectivity index (χ3n) is 3.47. The molecule has 0 unspecified atom stereocenters. The van der Waals surface area contributed by atoms with Gasteiger partial charge in [-0.3, -0.25) is 4.79 Å². The summed E-state index contributed by atoms with van der Waals surface area (Å²) in [6, 6.07) is 10.3. The lowest BCUT2D eigenvalue weighted by Crippen LogP contribution is -2.15. The number of aromatic nitrogens is 1. The summed E-state index contributed by atoms with van der Waals surface area (Å²) in [7, 11) is 0. The number of benzene rings is 1. The van der Waals surface area contributed by atoms with E-state index in [4.69, 9.17) is 4.42 Å². The molecule has 0 saturated heterocycles. The first-order valence-corrected chi connectivity index (χ1v) is 6.47. The van der Waals surface area contributed by atoms with Crippen LogP contribution in [0.15, 0.2) is 56.6 Å². The third-order valence-corrected chi connectivity index (χ3v) is 3.47. The number of hydrogen-bond donors (Lipinski definition) is 1. The normalized spacial score (nSPS) is 10.9. The standard InChI is InChI=1S/C16H13NO4/c1-10-15(19)13(18)6-7-17(10)9-12-8-11-4-2-3-5-14(11)21-16(12)20/h2-8,19H,9H2,1H3. The zero-order valence-corrected chi connectivity index (χ0v) is 11.4. The van der Waals surface area contributed by atoms with Crippen LogP contribution < -0.4 is 11.1 Å². The summed E-state index contributed by atoms with van der Waals surface area (Å²) in [6.45, 7) is 1.85. The molecule has 0 spiro atoms. The smallest absolute Gasteiger partial charge is 0.341 e. The first kappa shape index (κ1) is 13.2. The fourth-order valence-electron chi connectivity index (χ4n) is 2.23. The fraction of sp³-hybridized carbons (Fsp3) is 0.125. The Hall–Kier alpha value is -2.82. The van der Waals surface area contributed by atoms with Crippen molar-refractivity contribution in [2.45, 2.75) is 13.5 Å². The van der Waals surface area contributed by atoms with Crippen LogP contribution in [0.4, 0.5) is 0 Å². The van der Waals surface area contributed by atoms with E-state index in [0.717, 1.165) is 5.39 Å². The molecule has 0 aliphatic heterocycles. The minimum atomic E-state index is -0.436. The molecule has 2 heterocycles. The van der Waals surface area contributed by atoms with Crippen molar-refractivity contribution in [1.82, 2.24) is 4.57 Å². The van der Waals surface area contributed by atoms with Crippen LogP contribution in [0.2, 0.25) is 0 Å². The van der Waals surface area contributed by atoms with Gasteiger partial charge in [0.15, 0.2) is 5.75 Å². The maximum atomic E-state index is 12.0. The fourth-order valence-corrected chi connectivity index (χ4v) is 2.23. The second-order valence-electron chi connectivity index (χ2n) is 4.84. The zero-order chi connectivity index (χ0) is 15.0. The van der Waals surface area contributed by atoms with Crippen LogP contribution in [0, 0.1) is 6.92 Å².